The molecule has 0 aliphatic rings. The first kappa shape index (κ1) is 14.1. The highest BCUT2D eigenvalue weighted by atomic mass is 16.6. The van der Waals surface area contributed by atoms with Crippen LogP contribution in [-0.2, 0) is 0 Å². The Morgan fingerprint density at radius 1 is 1.43 bits per heavy atom. The summed E-state index contributed by atoms with van der Waals surface area (Å²) in [6.45, 7) is 0. The minimum atomic E-state index is -0.592. The molecule has 0 unspecified atom stereocenters. The van der Waals surface area contributed by atoms with Crippen LogP contribution in [0.4, 0.5) is 5.69 Å². The molecular formula is C13H10N4O4. The predicted octanol–water partition coefficient (Wildman–Crippen LogP) is 1.46. The zero-order chi connectivity index (χ0) is 15.2. The van der Waals surface area contributed by atoms with Crippen molar-refractivity contribution in [1.29, 1.82) is 0 Å². The van der Waals surface area contributed by atoms with Gasteiger partial charge in [0.1, 0.15) is 5.75 Å². The SMILES string of the molecule is O=C(NN=Cc1cc([N+](=O)[O-])ccc1O)c1cccnc1. The van der Waals surface area contributed by atoms with Crippen LogP contribution in [0.25, 0.3) is 0 Å². The predicted molar refractivity (Wildman–Crippen MR) is 74.1 cm³/mol. The summed E-state index contributed by atoms with van der Waals surface area (Å²) in [5.41, 5.74) is 2.48. The van der Waals surface area contributed by atoms with Crippen LogP contribution in [0, 0.1) is 10.1 Å². The number of nitrogens with one attached hydrogen (secondary N) is 1. The third kappa shape index (κ3) is 3.60. The van der Waals surface area contributed by atoms with Crippen LogP contribution >= 0.6 is 0 Å². The molecule has 0 saturated heterocycles. The fourth-order valence-corrected chi connectivity index (χ4v) is 1.48. The third-order valence-corrected chi connectivity index (χ3v) is 2.52. The number of carbonyl (C=O) groups is 1. The number of aromatic nitrogens is 1. The minimum absolute atomic E-state index is 0.121. The van der Waals surface area contributed by atoms with Gasteiger partial charge in [0.15, 0.2) is 0 Å². The van der Waals surface area contributed by atoms with Gasteiger partial charge in [-0.3, -0.25) is 19.9 Å². The molecule has 8 heteroatoms. The van der Waals surface area contributed by atoms with Crippen LogP contribution in [0.3, 0.4) is 0 Å². The lowest BCUT2D eigenvalue weighted by molar-refractivity contribution is -0.384. The molecule has 2 rings (SSSR count). The largest absolute Gasteiger partial charge is 0.507 e. The number of phenolic OH excluding ortho intramolecular Hbond substituents is 1. The van der Waals surface area contributed by atoms with Crippen molar-refractivity contribution in [1.82, 2.24) is 10.4 Å². The number of phenols is 1. The molecule has 106 valence electrons. The molecule has 1 aromatic carbocycles. The summed E-state index contributed by atoms with van der Waals surface area (Å²) >= 11 is 0. The average Bonchev–Trinajstić information content (AvgIpc) is 2.49. The second-order valence-corrected chi connectivity index (χ2v) is 3.94. The number of hydrogen-bond acceptors (Lipinski definition) is 6. The molecule has 21 heavy (non-hydrogen) atoms. The first-order valence-corrected chi connectivity index (χ1v) is 5.79. The van der Waals surface area contributed by atoms with Crippen LogP contribution in [-0.4, -0.2) is 27.1 Å². The molecule has 0 atom stereocenters. The number of nitro groups is 1. The first-order chi connectivity index (χ1) is 10.1. The van der Waals surface area contributed by atoms with Crippen molar-refractivity contribution in [3.05, 3.63) is 64.0 Å². The second-order valence-electron chi connectivity index (χ2n) is 3.94. The molecule has 0 saturated carbocycles. The minimum Gasteiger partial charge on any atom is -0.507 e. The van der Waals surface area contributed by atoms with Crippen molar-refractivity contribution < 1.29 is 14.8 Å². The Balaban J connectivity index is 2.10. The van der Waals surface area contributed by atoms with Gasteiger partial charge in [0.25, 0.3) is 11.6 Å². The Hall–Kier alpha value is -3.29. The molecule has 2 aromatic rings. The summed E-state index contributed by atoms with van der Waals surface area (Å²) in [5, 5.41) is 23.8. The molecule has 2 N–H and O–H groups in total. The van der Waals surface area contributed by atoms with Crippen LogP contribution in [0.15, 0.2) is 47.8 Å². The van der Waals surface area contributed by atoms with E-state index in [0.29, 0.717) is 5.56 Å². The van der Waals surface area contributed by atoms with Crippen molar-refractivity contribution in [3.63, 3.8) is 0 Å². The number of benzene rings is 1. The lowest BCUT2D eigenvalue weighted by Crippen LogP contribution is -2.17. The van der Waals surface area contributed by atoms with Gasteiger partial charge in [0.05, 0.1) is 16.7 Å². The van der Waals surface area contributed by atoms with Crippen molar-refractivity contribution in [3.8, 4) is 5.75 Å². The maximum Gasteiger partial charge on any atom is 0.272 e. The lowest BCUT2D eigenvalue weighted by atomic mass is 10.2. The summed E-state index contributed by atoms with van der Waals surface area (Å²) in [7, 11) is 0. The van der Waals surface area contributed by atoms with Crippen LogP contribution in [0.5, 0.6) is 5.75 Å². The number of aromatic hydroxyl groups is 1. The highest BCUT2D eigenvalue weighted by molar-refractivity contribution is 5.94. The van der Waals surface area contributed by atoms with E-state index in [2.05, 4.69) is 15.5 Å². The number of non-ortho nitro benzene ring substituents is 1. The quantitative estimate of drug-likeness (QED) is 0.501. The number of hydrogen-bond donors (Lipinski definition) is 2. The Morgan fingerprint density at radius 3 is 2.90 bits per heavy atom. The van der Waals surface area contributed by atoms with Crippen LogP contribution in [0.2, 0.25) is 0 Å². The molecule has 1 amide bonds. The zero-order valence-corrected chi connectivity index (χ0v) is 10.6. The van der Waals surface area contributed by atoms with Crippen molar-refractivity contribution in [2.24, 2.45) is 5.10 Å². The van der Waals surface area contributed by atoms with Gasteiger partial charge in [-0.05, 0) is 18.2 Å². The fourth-order valence-electron chi connectivity index (χ4n) is 1.48. The monoisotopic (exact) mass is 286 g/mol. The van der Waals surface area contributed by atoms with Crippen molar-refractivity contribution >= 4 is 17.8 Å². The fraction of sp³-hybridized carbons (Fsp3) is 0. The number of hydrazone groups is 1. The van der Waals surface area contributed by atoms with Crippen LogP contribution < -0.4 is 5.43 Å². The molecule has 0 fully saturated rings. The standard InChI is InChI=1S/C13H10N4O4/c18-12-4-3-11(17(20)21)6-10(12)8-15-16-13(19)9-2-1-5-14-7-9/h1-8,18H,(H,16,19). The van der Waals surface area contributed by atoms with E-state index in [9.17, 15) is 20.0 Å². The Morgan fingerprint density at radius 2 is 2.24 bits per heavy atom. The average molecular weight is 286 g/mol. The molecular weight excluding hydrogens is 276 g/mol. The molecule has 0 radical (unpaired) electrons. The molecule has 0 aliphatic heterocycles. The summed E-state index contributed by atoms with van der Waals surface area (Å²) in [5.74, 6) is -0.663. The van der Waals surface area contributed by atoms with Gasteiger partial charge >= 0.3 is 0 Å². The van der Waals surface area contributed by atoms with Gasteiger partial charge in [-0.25, -0.2) is 5.43 Å². The van der Waals surface area contributed by atoms with Gasteiger partial charge in [-0.15, -0.1) is 0 Å². The second kappa shape index (κ2) is 6.24. The molecule has 8 nitrogen and oxygen atoms in total. The van der Waals surface area contributed by atoms with E-state index >= 15 is 0 Å². The van der Waals surface area contributed by atoms with E-state index in [4.69, 9.17) is 0 Å². The van der Waals surface area contributed by atoms with Crippen LogP contribution in [0.1, 0.15) is 15.9 Å². The molecule has 0 aliphatic carbocycles. The summed E-state index contributed by atoms with van der Waals surface area (Å²) in [6, 6.07) is 6.66. The van der Waals surface area contributed by atoms with E-state index in [-0.39, 0.29) is 17.0 Å². The van der Waals surface area contributed by atoms with Gasteiger partial charge in [0, 0.05) is 30.1 Å². The summed E-state index contributed by atoms with van der Waals surface area (Å²) < 4.78 is 0. The Bertz CT molecular complexity index is 701. The zero-order valence-electron chi connectivity index (χ0n) is 10.6. The van der Waals surface area contributed by atoms with E-state index in [1.54, 1.807) is 12.1 Å². The lowest BCUT2D eigenvalue weighted by Gasteiger charge is -2.00. The van der Waals surface area contributed by atoms with E-state index in [1.165, 1.54) is 24.5 Å². The smallest absolute Gasteiger partial charge is 0.272 e. The number of nitrogens with zero attached hydrogens (tertiary/aromatic N) is 3. The topological polar surface area (TPSA) is 118 Å². The summed E-state index contributed by atoms with van der Waals surface area (Å²) in [6.07, 6.45) is 4.02. The maximum atomic E-state index is 11.7. The molecule has 1 aromatic heterocycles. The highest BCUT2D eigenvalue weighted by Crippen LogP contribution is 2.21. The number of amides is 1. The molecule has 0 spiro atoms. The van der Waals surface area contributed by atoms with Gasteiger partial charge in [0.2, 0.25) is 0 Å². The maximum absolute atomic E-state index is 11.7. The third-order valence-electron chi connectivity index (χ3n) is 2.52. The molecule has 0 bridgehead atoms. The van der Waals surface area contributed by atoms with E-state index in [0.717, 1.165) is 12.3 Å². The Labute approximate surface area is 118 Å². The first-order valence-electron chi connectivity index (χ1n) is 5.79. The number of nitro benzene ring substituents is 1. The molecule has 1 heterocycles. The Kier molecular flexibility index (Phi) is 4.20. The normalized spacial score (nSPS) is 10.5. The summed E-state index contributed by atoms with van der Waals surface area (Å²) in [4.78, 5) is 25.5. The van der Waals surface area contributed by atoms with E-state index < -0.39 is 10.8 Å². The van der Waals surface area contributed by atoms with E-state index in [1.807, 2.05) is 0 Å². The van der Waals surface area contributed by atoms with Crippen molar-refractivity contribution in [2.75, 3.05) is 0 Å². The highest BCUT2D eigenvalue weighted by Gasteiger charge is 2.09. The van der Waals surface area contributed by atoms with Crippen molar-refractivity contribution in [2.45, 2.75) is 0 Å². The number of pyridine rings is 1. The van der Waals surface area contributed by atoms with Gasteiger partial charge in [-0.2, -0.15) is 5.10 Å². The number of carbonyl (C=O) groups excluding carboxylic acids is 1. The number of rotatable bonds is 4. The van der Waals surface area contributed by atoms with Gasteiger partial charge < -0.3 is 5.11 Å². The van der Waals surface area contributed by atoms with Gasteiger partial charge in [-0.1, -0.05) is 0 Å².